The van der Waals surface area contributed by atoms with Crippen LogP contribution in [0.15, 0.2) is 34.1 Å². The van der Waals surface area contributed by atoms with Crippen molar-refractivity contribution in [3.05, 3.63) is 40.3 Å². The van der Waals surface area contributed by atoms with Crippen molar-refractivity contribution in [2.75, 3.05) is 13.1 Å². The summed E-state index contributed by atoms with van der Waals surface area (Å²) >= 11 is 1.57. The number of hydrogen-bond donors (Lipinski definition) is 4. The van der Waals surface area contributed by atoms with Gasteiger partial charge in [0.05, 0.1) is 18.8 Å². The van der Waals surface area contributed by atoms with Crippen LogP contribution < -0.4 is 10.6 Å². The standard InChI is InChI=1S/C14H21N5OS/c1-3-15-13(16-8-12-4-6-18-19-12)17-10-14(2,20)11-5-7-21-9-11/h4-7,9,20H,3,8,10H2,1-2H3,(H,18,19)(H2,15,16,17). The molecule has 0 aromatic carbocycles. The molecule has 0 saturated carbocycles. The number of H-pyrrole nitrogens is 1. The normalized spacial score (nSPS) is 14.7. The molecule has 21 heavy (non-hydrogen) atoms. The molecule has 0 radical (unpaired) electrons. The summed E-state index contributed by atoms with van der Waals surface area (Å²) in [5.41, 5.74) is 0.922. The van der Waals surface area contributed by atoms with Crippen LogP contribution in [0.4, 0.5) is 0 Å². The molecule has 1 unspecified atom stereocenters. The van der Waals surface area contributed by atoms with Gasteiger partial charge in [-0.2, -0.15) is 16.4 Å². The summed E-state index contributed by atoms with van der Waals surface area (Å²) in [6.45, 7) is 5.45. The first-order valence-electron chi connectivity index (χ1n) is 6.87. The highest BCUT2D eigenvalue weighted by atomic mass is 32.1. The van der Waals surface area contributed by atoms with Gasteiger partial charge in [0, 0.05) is 12.7 Å². The second-order valence-electron chi connectivity index (χ2n) is 4.92. The Labute approximate surface area is 128 Å². The lowest BCUT2D eigenvalue weighted by Crippen LogP contribution is -2.44. The van der Waals surface area contributed by atoms with Crippen LogP contribution in [0.25, 0.3) is 0 Å². The van der Waals surface area contributed by atoms with Gasteiger partial charge >= 0.3 is 0 Å². The fourth-order valence-electron chi connectivity index (χ4n) is 1.81. The van der Waals surface area contributed by atoms with Crippen molar-refractivity contribution < 1.29 is 5.11 Å². The molecule has 0 aliphatic carbocycles. The van der Waals surface area contributed by atoms with Gasteiger partial charge in [0.25, 0.3) is 0 Å². The van der Waals surface area contributed by atoms with Crippen molar-refractivity contribution in [3.63, 3.8) is 0 Å². The number of nitrogens with zero attached hydrogens (tertiary/aromatic N) is 2. The van der Waals surface area contributed by atoms with E-state index in [4.69, 9.17) is 0 Å². The van der Waals surface area contributed by atoms with Gasteiger partial charge in [-0.25, -0.2) is 4.99 Å². The Balaban J connectivity index is 1.95. The quantitative estimate of drug-likeness (QED) is 0.480. The first-order chi connectivity index (χ1) is 10.1. The average Bonchev–Trinajstić information content (AvgIpc) is 3.14. The minimum atomic E-state index is -0.926. The Kier molecular flexibility index (Phi) is 5.35. The highest BCUT2D eigenvalue weighted by Crippen LogP contribution is 2.21. The second kappa shape index (κ2) is 7.24. The topological polar surface area (TPSA) is 85.3 Å². The van der Waals surface area contributed by atoms with E-state index >= 15 is 0 Å². The van der Waals surface area contributed by atoms with E-state index in [1.807, 2.05) is 29.8 Å². The van der Waals surface area contributed by atoms with Crippen LogP contribution in [0.3, 0.4) is 0 Å². The van der Waals surface area contributed by atoms with E-state index in [0.717, 1.165) is 17.8 Å². The molecule has 0 fully saturated rings. The smallest absolute Gasteiger partial charge is 0.191 e. The molecule has 0 aliphatic heterocycles. The van der Waals surface area contributed by atoms with Crippen molar-refractivity contribution in [2.24, 2.45) is 4.99 Å². The van der Waals surface area contributed by atoms with Gasteiger partial charge in [0.15, 0.2) is 5.96 Å². The molecule has 0 bridgehead atoms. The highest BCUT2D eigenvalue weighted by Gasteiger charge is 2.23. The predicted molar refractivity (Wildman–Crippen MR) is 85.3 cm³/mol. The lowest BCUT2D eigenvalue weighted by atomic mass is 9.99. The van der Waals surface area contributed by atoms with E-state index in [1.165, 1.54) is 0 Å². The van der Waals surface area contributed by atoms with Gasteiger partial charge in [-0.3, -0.25) is 5.10 Å². The Bertz CT molecular complexity index is 548. The first-order valence-corrected chi connectivity index (χ1v) is 7.81. The Morgan fingerprint density at radius 2 is 2.33 bits per heavy atom. The van der Waals surface area contributed by atoms with Crippen molar-refractivity contribution >= 4 is 17.3 Å². The monoisotopic (exact) mass is 307 g/mol. The van der Waals surface area contributed by atoms with Crippen LogP contribution in [-0.4, -0.2) is 34.4 Å². The maximum absolute atomic E-state index is 10.5. The van der Waals surface area contributed by atoms with Crippen molar-refractivity contribution in [1.29, 1.82) is 0 Å². The first kappa shape index (κ1) is 15.5. The minimum absolute atomic E-state index is 0.387. The summed E-state index contributed by atoms with van der Waals surface area (Å²) in [6, 6.07) is 3.82. The summed E-state index contributed by atoms with van der Waals surface area (Å²) in [5.74, 6) is 0.669. The summed E-state index contributed by atoms with van der Waals surface area (Å²) in [4.78, 5) is 4.45. The zero-order valence-electron chi connectivity index (χ0n) is 12.3. The van der Waals surface area contributed by atoms with Crippen LogP contribution in [0.1, 0.15) is 25.1 Å². The molecule has 114 valence electrons. The lowest BCUT2D eigenvalue weighted by molar-refractivity contribution is 0.0621. The Morgan fingerprint density at radius 1 is 1.48 bits per heavy atom. The fraction of sp³-hybridized carbons (Fsp3) is 0.429. The van der Waals surface area contributed by atoms with Gasteiger partial charge in [0.2, 0.25) is 0 Å². The van der Waals surface area contributed by atoms with Gasteiger partial charge in [-0.05, 0) is 42.3 Å². The van der Waals surface area contributed by atoms with Crippen molar-refractivity contribution in [1.82, 2.24) is 20.8 Å². The fourth-order valence-corrected chi connectivity index (χ4v) is 2.59. The molecule has 0 aliphatic rings. The third-order valence-corrected chi connectivity index (χ3v) is 3.74. The van der Waals surface area contributed by atoms with E-state index in [2.05, 4.69) is 25.8 Å². The number of rotatable bonds is 6. The van der Waals surface area contributed by atoms with Crippen LogP contribution in [0.2, 0.25) is 0 Å². The summed E-state index contributed by atoms with van der Waals surface area (Å²) in [6.07, 6.45) is 1.70. The third-order valence-electron chi connectivity index (χ3n) is 3.05. The van der Waals surface area contributed by atoms with Gasteiger partial charge in [-0.1, -0.05) is 0 Å². The van der Waals surface area contributed by atoms with Gasteiger partial charge < -0.3 is 15.7 Å². The van der Waals surface area contributed by atoms with E-state index in [0.29, 0.717) is 19.0 Å². The molecule has 1 atom stereocenters. The molecule has 4 N–H and O–H groups in total. The number of hydrogen-bond acceptors (Lipinski definition) is 4. The van der Waals surface area contributed by atoms with Crippen LogP contribution >= 0.6 is 11.3 Å². The highest BCUT2D eigenvalue weighted by molar-refractivity contribution is 7.08. The van der Waals surface area contributed by atoms with Crippen molar-refractivity contribution in [2.45, 2.75) is 26.0 Å². The van der Waals surface area contributed by atoms with Gasteiger partial charge in [0.1, 0.15) is 5.60 Å². The molecule has 0 amide bonds. The zero-order valence-corrected chi connectivity index (χ0v) is 13.1. The van der Waals surface area contributed by atoms with Gasteiger partial charge in [-0.15, -0.1) is 0 Å². The zero-order chi connectivity index (χ0) is 15.1. The molecule has 0 saturated heterocycles. The predicted octanol–water partition coefficient (Wildman–Crippen LogP) is 1.43. The van der Waals surface area contributed by atoms with Crippen LogP contribution in [-0.2, 0) is 12.1 Å². The minimum Gasteiger partial charge on any atom is -0.384 e. The van der Waals surface area contributed by atoms with E-state index < -0.39 is 5.60 Å². The molecule has 2 heterocycles. The molecular weight excluding hydrogens is 286 g/mol. The molecular formula is C14H21N5OS. The van der Waals surface area contributed by atoms with E-state index in [1.54, 1.807) is 24.5 Å². The molecule has 2 aromatic rings. The SMILES string of the molecule is CCNC(=NCc1ccn[nH]1)NCC(C)(O)c1ccsc1. The number of nitrogens with one attached hydrogen (secondary N) is 3. The Morgan fingerprint density at radius 3 is 2.95 bits per heavy atom. The number of aliphatic imine (C=N–C) groups is 1. The molecule has 6 nitrogen and oxygen atoms in total. The molecule has 7 heteroatoms. The molecule has 2 rings (SSSR count). The average molecular weight is 307 g/mol. The summed E-state index contributed by atoms with van der Waals surface area (Å²) in [7, 11) is 0. The number of thiophene rings is 1. The number of guanidine groups is 1. The largest absolute Gasteiger partial charge is 0.384 e. The summed E-state index contributed by atoms with van der Waals surface area (Å²) < 4.78 is 0. The second-order valence-corrected chi connectivity index (χ2v) is 5.70. The molecule has 2 aromatic heterocycles. The lowest BCUT2D eigenvalue weighted by Gasteiger charge is -2.24. The number of aromatic amines is 1. The molecule has 0 spiro atoms. The Hall–Kier alpha value is -1.86. The maximum atomic E-state index is 10.5. The number of aliphatic hydroxyl groups is 1. The summed E-state index contributed by atoms with van der Waals surface area (Å²) in [5, 5.41) is 27.5. The number of aromatic nitrogens is 2. The maximum Gasteiger partial charge on any atom is 0.191 e. The third kappa shape index (κ3) is 4.57. The van der Waals surface area contributed by atoms with Crippen LogP contribution in [0.5, 0.6) is 0 Å². The van der Waals surface area contributed by atoms with Crippen LogP contribution in [0, 0.1) is 0 Å². The van der Waals surface area contributed by atoms with E-state index in [-0.39, 0.29) is 0 Å². The van der Waals surface area contributed by atoms with E-state index in [9.17, 15) is 5.11 Å². The van der Waals surface area contributed by atoms with Crippen molar-refractivity contribution in [3.8, 4) is 0 Å².